The van der Waals surface area contributed by atoms with Crippen LogP contribution >= 0.6 is 0 Å². The number of hydrogen-bond donors (Lipinski definition) is 1. The lowest BCUT2D eigenvalue weighted by atomic mass is 9.93. The quantitative estimate of drug-likeness (QED) is 0.932. The van der Waals surface area contributed by atoms with Crippen LogP contribution in [0.5, 0.6) is 0 Å². The molecule has 0 saturated heterocycles. The molecule has 1 aliphatic carbocycles. The largest absolute Gasteiger partial charge is 0.444 e. The Morgan fingerprint density at radius 1 is 1.33 bits per heavy atom. The molecule has 5 heteroatoms. The molecule has 1 atom stereocenters. The van der Waals surface area contributed by atoms with Crippen LogP contribution in [0.3, 0.4) is 0 Å². The van der Waals surface area contributed by atoms with Crippen LogP contribution in [0.15, 0.2) is 36.5 Å². The first-order valence-corrected chi connectivity index (χ1v) is 8.50. The number of aryl methyl sites for hydroxylation is 1. The van der Waals surface area contributed by atoms with E-state index in [2.05, 4.69) is 22.5 Å². The smallest absolute Gasteiger partial charge is 0.408 e. The van der Waals surface area contributed by atoms with E-state index in [0.717, 1.165) is 25.0 Å². The van der Waals surface area contributed by atoms with E-state index < -0.39 is 5.60 Å². The fourth-order valence-electron chi connectivity index (χ4n) is 3.14. The lowest BCUT2D eigenvalue weighted by Gasteiger charge is -2.27. The van der Waals surface area contributed by atoms with Crippen LogP contribution in [0.4, 0.5) is 4.79 Å². The van der Waals surface area contributed by atoms with Crippen LogP contribution in [0, 0.1) is 0 Å². The summed E-state index contributed by atoms with van der Waals surface area (Å²) >= 11 is 0. The summed E-state index contributed by atoms with van der Waals surface area (Å²) in [5.74, 6) is 0. The molecule has 0 unspecified atom stereocenters. The van der Waals surface area contributed by atoms with Gasteiger partial charge >= 0.3 is 6.09 Å². The number of nitrogens with one attached hydrogen (secondary N) is 1. The van der Waals surface area contributed by atoms with Gasteiger partial charge < -0.3 is 10.1 Å². The molecule has 128 valence electrons. The Labute approximate surface area is 143 Å². The summed E-state index contributed by atoms with van der Waals surface area (Å²) in [6.07, 6.45) is 4.53. The summed E-state index contributed by atoms with van der Waals surface area (Å²) in [5, 5.41) is 7.57. The van der Waals surface area contributed by atoms with Gasteiger partial charge in [-0.15, -0.1) is 0 Å². The topological polar surface area (TPSA) is 56.1 Å². The van der Waals surface area contributed by atoms with Gasteiger partial charge in [0.1, 0.15) is 5.60 Å². The van der Waals surface area contributed by atoms with Crippen molar-refractivity contribution in [2.24, 2.45) is 0 Å². The molecule has 3 rings (SSSR count). The number of ether oxygens (including phenoxy) is 1. The van der Waals surface area contributed by atoms with Gasteiger partial charge in [0.15, 0.2) is 0 Å². The van der Waals surface area contributed by atoms with E-state index in [1.54, 1.807) is 0 Å². The van der Waals surface area contributed by atoms with Crippen LogP contribution in [-0.2, 0) is 17.7 Å². The first-order chi connectivity index (χ1) is 11.4. The van der Waals surface area contributed by atoms with E-state index in [9.17, 15) is 4.79 Å². The van der Waals surface area contributed by atoms with Crippen molar-refractivity contribution in [1.29, 1.82) is 0 Å². The molecule has 24 heavy (non-hydrogen) atoms. The number of benzene rings is 1. The number of rotatable bonds is 3. The third kappa shape index (κ3) is 3.96. The molecule has 0 fully saturated rings. The first kappa shape index (κ1) is 16.6. The fraction of sp³-hybridized carbons (Fsp3) is 0.474. The average molecular weight is 327 g/mol. The zero-order chi connectivity index (χ0) is 17.2. The van der Waals surface area contributed by atoms with E-state index in [4.69, 9.17) is 4.74 Å². The van der Waals surface area contributed by atoms with Gasteiger partial charge in [0.25, 0.3) is 0 Å². The molecule has 1 aromatic carbocycles. The van der Waals surface area contributed by atoms with E-state index >= 15 is 0 Å². The Kier molecular flexibility index (Phi) is 4.60. The third-order valence-electron chi connectivity index (χ3n) is 4.10. The zero-order valence-electron chi connectivity index (χ0n) is 14.6. The highest BCUT2D eigenvalue weighted by molar-refractivity contribution is 5.68. The second kappa shape index (κ2) is 6.67. The van der Waals surface area contributed by atoms with Gasteiger partial charge in [0.2, 0.25) is 0 Å². The molecule has 0 aliphatic heterocycles. The van der Waals surface area contributed by atoms with Crippen molar-refractivity contribution in [3.63, 3.8) is 0 Å². The van der Waals surface area contributed by atoms with Crippen LogP contribution in [0.25, 0.3) is 0 Å². The van der Waals surface area contributed by atoms with Crippen molar-refractivity contribution >= 4 is 6.09 Å². The van der Waals surface area contributed by atoms with Gasteiger partial charge in [0.05, 0.1) is 24.5 Å². The van der Waals surface area contributed by atoms with Crippen molar-refractivity contribution in [3.8, 4) is 0 Å². The number of nitrogens with zero attached hydrogens (tertiary/aromatic N) is 2. The third-order valence-corrected chi connectivity index (χ3v) is 4.10. The number of hydrogen-bond acceptors (Lipinski definition) is 3. The average Bonchev–Trinajstić information content (AvgIpc) is 2.90. The predicted octanol–water partition coefficient (Wildman–Crippen LogP) is 3.83. The highest BCUT2D eigenvalue weighted by atomic mass is 16.6. The number of amides is 1. The van der Waals surface area contributed by atoms with Gasteiger partial charge in [-0.1, -0.05) is 30.3 Å². The Morgan fingerprint density at radius 3 is 2.79 bits per heavy atom. The lowest BCUT2D eigenvalue weighted by molar-refractivity contribution is 0.0496. The molecule has 0 saturated carbocycles. The Bertz CT molecular complexity index is 701. The molecule has 0 spiro atoms. The molecular weight excluding hydrogens is 302 g/mol. The number of fused-ring (bicyclic) bond motifs is 1. The molecular formula is C19H25N3O2. The summed E-state index contributed by atoms with van der Waals surface area (Å²) in [6, 6.07) is 10.2. The Hall–Kier alpha value is -2.30. The van der Waals surface area contributed by atoms with E-state index in [1.807, 2.05) is 49.8 Å². The number of alkyl carbamates (subject to hydrolysis) is 1. The van der Waals surface area contributed by atoms with Crippen molar-refractivity contribution < 1.29 is 9.53 Å². The Morgan fingerprint density at radius 2 is 2.08 bits per heavy atom. The maximum absolute atomic E-state index is 12.2. The molecule has 0 radical (unpaired) electrons. The fourth-order valence-corrected chi connectivity index (χ4v) is 3.14. The molecule has 1 aliphatic rings. The number of carbonyl (C=O) groups excluding carboxylic acids is 1. The normalized spacial score (nSPS) is 17.2. The zero-order valence-corrected chi connectivity index (χ0v) is 14.6. The van der Waals surface area contributed by atoms with Gasteiger partial charge in [0, 0.05) is 0 Å². The number of carbonyl (C=O) groups is 1. The summed E-state index contributed by atoms with van der Waals surface area (Å²) in [6.45, 7) is 6.33. The van der Waals surface area contributed by atoms with Gasteiger partial charge in [-0.2, -0.15) is 5.10 Å². The highest BCUT2D eigenvalue weighted by Crippen LogP contribution is 2.30. The summed E-state index contributed by atoms with van der Waals surface area (Å²) < 4.78 is 7.42. The van der Waals surface area contributed by atoms with Crippen LogP contribution in [0.1, 0.15) is 56.5 Å². The molecule has 1 heterocycles. The molecule has 1 aromatic heterocycles. The maximum atomic E-state index is 12.2. The SMILES string of the molecule is CC(C)(C)OC(=O)N[C@@H]1CCCc2cnn(Cc3ccccc3)c21. The standard InChI is InChI=1S/C19H25N3O2/c1-19(2,3)24-18(23)21-16-11-7-10-15-12-20-22(17(15)16)13-14-8-5-4-6-9-14/h4-6,8-9,12,16H,7,10-11,13H2,1-3H3,(H,21,23)/t16-/m1/s1. The summed E-state index contributed by atoms with van der Waals surface area (Å²) in [4.78, 5) is 12.2. The minimum atomic E-state index is -0.494. The lowest BCUT2D eigenvalue weighted by Crippen LogP contribution is -2.37. The second-order valence-corrected chi connectivity index (χ2v) is 7.29. The van der Waals surface area contributed by atoms with Crippen molar-refractivity contribution in [1.82, 2.24) is 15.1 Å². The van der Waals surface area contributed by atoms with Crippen LogP contribution in [0.2, 0.25) is 0 Å². The molecule has 2 aromatic rings. The molecule has 1 N–H and O–H groups in total. The highest BCUT2D eigenvalue weighted by Gasteiger charge is 2.28. The van der Waals surface area contributed by atoms with Gasteiger partial charge in [-0.3, -0.25) is 4.68 Å². The van der Waals surface area contributed by atoms with Gasteiger partial charge in [-0.05, 0) is 51.2 Å². The van der Waals surface area contributed by atoms with Crippen molar-refractivity contribution in [2.75, 3.05) is 0 Å². The minimum absolute atomic E-state index is 0.0465. The molecule has 0 bridgehead atoms. The summed E-state index contributed by atoms with van der Waals surface area (Å²) in [5.41, 5.74) is 3.03. The van der Waals surface area contributed by atoms with Crippen molar-refractivity contribution in [2.45, 2.75) is 58.2 Å². The second-order valence-electron chi connectivity index (χ2n) is 7.29. The van der Waals surface area contributed by atoms with Gasteiger partial charge in [-0.25, -0.2) is 4.79 Å². The minimum Gasteiger partial charge on any atom is -0.444 e. The first-order valence-electron chi connectivity index (χ1n) is 8.50. The molecule has 5 nitrogen and oxygen atoms in total. The van der Waals surface area contributed by atoms with E-state index in [1.165, 1.54) is 11.1 Å². The van der Waals surface area contributed by atoms with Crippen LogP contribution < -0.4 is 5.32 Å². The predicted molar refractivity (Wildman–Crippen MR) is 92.8 cm³/mol. The number of aromatic nitrogens is 2. The monoisotopic (exact) mass is 327 g/mol. The maximum Gasteiger partial charge on any atom is 0.408 e. The van der Waals surface area contributed by atoms with Crippen molar-refractivity contribution in [3.05, 3.63) is 53.3 Å². The molecule has 1 amide bonds. The summed E-state index contributed by atoms with van der Waals surface area (Å²) in [7, 11) is 0. The van der Waals surface area contributed by atoms with Crippen LogP contribution in [-0.4, -0.2) is 21.5 Å². The van der Waals surface area contributed by atoms with E-state index in [0.29, 0.717) is 6.54 Å². The Balaban J connectivity index is 1.79. The van der Waals surface area contributed by atoms with E-state index in [-0.39, 0.29) is 12.1 Å².